The minimum absolute atomic E-state index is 0.171. The second kappa shape index (κ2) is 9.92. The van der Waals surface area contributed by atoms with E-state index >= 15 is 0 Å². The van der Waals surface area contributed by atoms with Gasteiger partial charge in [0.1, 0.15) is 5.92 Å². The molecule has 0 fully saturated rings. The van der Waals surface area contributed by atoms with Crippen LogP contribution in [0.4, 0.5) is 0 Å². The molecule has 1 atom stereocenters. The zero-order valence-corrected chi connectivity index (χ0v) is 12.6. The Kier molecular flexibility index (Phi) is 8.10. The Morgan fingerprint density at radius 1 is 1.19 bits per heavy atom. The van der Waals surface area contributed by atoms with Crippen molar-refractivity contribution in [2.24, 2.45) is 5.92 Å². The van der Waals surface area contributed by atoms with Gasteiger partial charge in [0, 0.05) is 27.3 Å². The molecule has 1 unspecified atom stereocenters. The van der Waals surface area contributed by atoms with Crippen LogP contribution in [0.5, 0.6) is 0 Å². The molecule has 1 aromatic carbocycles. The zero-order chi connectivity index (χ0) is 15.5. The van der Waals surface area contributed by atoms with Gasteiger partial charge in [0.05, 0.1) is 19.3 Å². The number of nitriles is 1. The van der Waals surface area contributed by atoms with E-state index in [0.29, 0.717) is 32.7 Å². The molecule has 5 nitrogen and oxygen atoms in total. The van der Waals surface area contributed by atoms with E-state index in [9.17, 15) is 10.1 Å². The lowest BCUT2D eigenvalue weighted by molar-refractivity contribution is -0.135. The van der Waals surface area contributed by atoms with Gasteiger partial charge in [-0.1, -0.05) is 30.3 Å². The SMILES string of the molecule is COCCN(CCOC)C(=O)C(C#N)Cc1ccccc1. The number of nitrogens with zero attached hydrogens (tertiary/aromatic N) is 2. The van der Waals surface area contributed by atoms with Crippen molar-refractivity contribution >= 4 is 5.91 Å². The minimum Gasteiger partial charge on any atom is -0.383 e. The van der Waals surface area contributed by atoms with Gasteiger partial charge in [-0.15, -0.1) is 0 Å². The average Bonchev–Trinajstić information content (AvgIpc) is 2.53. The van der Waals surface area contributed by atoms with Gasteiger partial charge in [0.2, 0.25) is 5.91 Å². The number of methoxy groups -OCH3 is 2. The molecular formula is C16H22N2O3. The van der Waals surface area contributed by atoms with Crippen molar-refractivity contribution in [1.29, 1.82) is 5.26 Å². The van der Waals surface area contributed by atoms with Gasteiger partial charge in [-0.25, -0.2) is 0 Å². The third kappa shape index (κ3) is 5.94. The summed E-state index contributed by atoms with van der Waals surface area (Å²) >= 11 is 0. The lowest BCUT2D eigenvalue weighted by Crippen LogP contribution is -2.40. The summed E-state index contributed by atoms with van der Waals surface area (Å²) in [7, 11) is 3.18. The molecule has 0 aliphatic heterocycles. The van der Waals surface area contributed by atoms with Crippen molar-refractivity contribution in [3.63, 3.8) is 0 Å². The van der Waals surface area contributed by atoms with Crippen molar-refractivity contribution in [2.45, 2.75) is 6.42 Å². The zero-order valence-electron chi connectivity index (χ0n) is 12.6. The van der Waals surface area contributed by atoms with Crippen LogP contribution in [0.1, 0.15) is 5.56 Å². The lowest BCUT2D eigenvalue weighted by Gasteiger charge is -2.24. The highest BCUT2D eigenvalue weighted by atomic mass is 16.5. The van der Waals surface area contributed by atoms with Crippen LogP contribution >= 0.6 is 0 Å². The number of hydrogen-bond acceptors (Lipinski definition) is 4. The predicted octanol–water partition coefficient (Wildman–Crippen LogP) is 1.49. The van der Waals surface area contributed by atoms with Gasteiger partial charge in [-0.3, -0.25) is 4.79 Å². The molecule has 5 heteroatoms. The Morgan fingerprint density at radius 2 is 1.76 bits per heavy atom. The number of hydrogen-bond donors (Lipinski definition) is 0. The van der Waals surface area contributed by atoms with E-state index in [2.05, 4.69) is 6.07 Å². The second-order valence-corrected chi connectivity index (χ2v) is 4.68. The number of amides is 1. The Bertz CT molecular complexity index is 448. The molecule has 0 spiro atoms. The fraction of sp³-hybridized carbons (Fsp3) is 0.500. The highest BCUT2D eigenvalue weighted by Gasteiger charge is 2.24. The van der Waals surface area contributed by atoms with Gasteiger partial charge < -0.3 is 14.4 Å². The van der Waals surface area contributed by atoms with Gasteiger partial charge in [-0.05, 0) is 12.0 Å². The fourth-order valence-electron chi connectivity index (χ4n) is 1.99. The molecule has 1 aromatic rings. The molecule has 0 bridgehead atoms. The lowest BCUT2D eigenvalue weighted by atomic mass is 9.99. The van der Waals surface area contributed by atoms with E-state index in [4.69, 9.17) is 9.47 Å². The molecule has 0 saturated heterocycles. The first-order valence-corrected chi connectivity index (χ1v) is 6.93. The van der Waals surface area contributed by atoms with E-state index in [-0.39, 0.29) is 5.91 Å². The van der Waals surface area contributed by atoms with Crippen LogP contribution < -0.4 is 0 Å². The van der Waals surface area contributed by atoms with Gasteiger partial charge in [0.25, 0.3) is 0 Å². The first kappa shape index (κ1) is 17.2. The maximum atomic E-state index is 12.5. The number of carbonyl (C=O) groups is 1. The molecular weight excluding hydrogens is 268 g/mol. The highest BCUT2D eigenvalue weighted by molar-refractivity contribution is 5.81. The molecule has 0 heterocycles. The number of rotatable bonds is 9. The first-order valence-electron chi connectivity index (χ1n) is 6.93. The van der Waals surface area contributed by atoms with Crippen LogP contribution in [-0.2, 0) is 20.7 Å². The van der Waals surface area contributed by atoms with Crippen LogP contribution in [-0.4, -0.2) is 51.3 Å². The molecule has 0 aromatic heterocycles. The maximum absolute atomic E-state index is 12.5. The van der Waals surface area contributed by atoms with Gasteiger partial charge in [-0.2, -0.15) is 5.26 Å². The predicted molar refractivity (Wildman–Crippen MR) is 79.6 cm³/mol. The molecule has 114 valence electrons. The van der Waals surface area contributed by atoms with E-state index in [0.717, 1.165) is 5.56 Å². The largest absolute Gasteiger partial charge is 0.383 e. The summed E-state index contributed by atoms with van der Waals surface area (Å²) in [5, 5.41) is 9.30. The van der Waals surface area contributed by atoms with Crippen molar-refractivity contribution in [2.75, 3.05) is 40.5 Å². The van der Waals surface area contributed by atoms with Gasteiger partial charge in [0.15, 0.2) is 0 Å². The minimum atomic E-state index is -0.680. The number of carbonyl (C=O) groups excluding carboxylic acids is 1. The smallest absolute Gasteiger partial charge is 0.240 e. The Morgan fingerprint density at radius 3 is 2.24 bits per heavy atom. The summed E-state index contributed by atoms with van der Waals surface area (Å²) in [4.78, 5) is 14.1. The molecule has 21 heavy (non-hydrogen) atoms. The Labute approximate surface area is 126 Å². The highest BCUT2D eigenvalue weighted by Crippen LogP contribution is 2.11. The Hall–Kier alpha value is -1.90. The standard InChI is InChI=1S/C16H22N2O3/c1-20-10-8-18(9-11-21-2)16(19)15(13-17)12-14-6-4-3-5-7-14/h3-7,15H,8-12H2,1-2H3. The Balaban J connectivity index is 2.71. The average molecular weight is 290 g/mol. The molecule has 0 aliphatic carbocycles. The van der Waals surface area contributed by atoms with E-state index in [1.807, 2.05) is 30.3 Å². The third-order valence-corrected chi connectivity index (χ3v) is 3.18. The van der Waals surface area contributed by atoms with Crippen LogP contribution in [0, 0.1) is 17.2 Å². The number of benzene rings is 1. The summed E-state index contributed by atoms with van der Waals surface area (Å²) in [5.74, 6) is -0.850. The maximum Gasteiger partial charge on any atom is 0.240 e. The third-order valence-electron chi connectivity index (χ3n) is 3.18. The van der Waals surface area contributed by atoms with Crippen LogP contribution in [0.25, 0.3) is 0 Å². The number of ether oxygens (including phenoxy) is 2. The normalized spacial score (nSPS) is 11.7. The van der Waals surface area contributed by atoms with Crippen LogP contribution in [0.2, 0.25) is 0 Å². The van der Waals surface area contributed by atoms with E-state index in [1.54, 1.807) is 19.1 Å². The van der Waals surface area contributed by atoms with Crippen LogP contribution in [0.3, 0.4) is 0 Å². The van der Waals surface area contributed by atoms with Crippen molar-refractivity contribution in [3.05, 3.63) is 35.9 Å². The summed E-state index contributed by atoms with van der Waals surface area (Å²) < 4.78 is 10.0. The molecule has 0 radical (unpaired) electrons. The quantitative estimate of drug-likeness (QED) is 0.691. The van der Waals surface area contributed by atoms with E-state index < -0.39 is 5.92 Å². The van der Waals surface area contributed by atoms with Crippen molar-refractivity contribution in [1.82, 2.24) is 4.90 Å². The molecule has 0 N–H and O–H groups in total. The molecule has 1 rings (SSSR count). The molecule has 0 aliphatic rings. The van der Waals surface area contributed by atoms with Crippen molar-refractivity contribution in [3.8, 4) is 6.07 Å². The summed E-state index contributed by atoms with van der Waals surface area (Å²) in [6.07, 6.45) is 0.423. The second-order valence-electron chi connectivity index (χ2n) is 4.68. The molecule has 1 amide bonds. The van der Waals surface area contributed by atoms with E-state index in [1.165, 1.54) is 0 Å². The topological polar surface area (TPSA) is 62.6 Å². The summed E-state index contributed by atoms with van der Waals surface area (Å²) in [5.41, 5.74) is 0.982. The monoisotopic (exact) mass is 290 g/mol. The molecule has 0 saturated carbocycles. The van der Waals surface area contributed by atoms with Crippen LogP contribution in [0.15, 0.2) is 30.3 Å². The first-order chi connectivity index (χ1) is 10.2. The van der Waals surface area contributed by atoms with Crippen molar-refractivity contribution < 1.29 is 14.3 Å². The van der Waals surface area contributed by atoms with Gasteiger partial charge >= 0.3 is 0 Å². The summed E-state index contributed by atoms with van der Waals surface area (Å²) in [6.45, 7) is 1.81. The summed E-state index contributed by atoms with van der Waals surface area (Å²) in [6, 6.07) is 11.7. The fourth-order valence-corrected chi connectivity index (χ4v) is 1.99.